The lowest BCUT2D eigenvalue weighted by atomic mass is 10.1. The van der Waals surface area contributed by atoms with Crippen molar-refractivity contribution in [2.75, 3.05) is 31.9 Å². The van der Waals surface area contributed by atoms with E-state index in [4.69, 9.17) is 9.47 Å². The first-order valence-corrected chi connectivity index (χ1v) is 9.61. The zero-order valence-corrected chi connectivity index (χ0v) is 15.5. The number of ether oxygens (including phenoxy) is 2. The minimum atomic E-state index is 0.286. The van der Waals surface area contributed by atoms with Crippen molar-refractivity contribution in [1.82, 2.24) is 0 Å². The minimum Gasteiger partial charge on any atom is -0.467 e. The fourth-order valence-corrected chi connectivity index (χ4v) is 4.38. The van der Waals surface area contributed by atoms with Gasteiger partial charge >= 0.3 is 0 Å². The quantitative estimate of drug-likeness (QED) is 0.591. The molecule has 0 bridgehead atoms. The summed E-state index contributed by atoms with van der Waals surface area (Å²) in [7, 11) is 2.24. The van der Waals surface area contributed by atoms with Gasteiger partial charge in [-0.3, -0.25) is 0 Å². The average molecular weight is 343 g/mol. The molecule has 0 radical (unpaired) electrons. The van der Waals surface area contributed by atoms with E-state index in [1.165, 1.54) is 54.2 Å². The molecule has 3 rings (SSSR count). The Hall–Kier alpha value is -1.57. The molecule has 0 N–H and O–H groups in total. The molecule has 3 nitrogen and oxygen atoms in total. The monoisotopic (exact) mass is 343 g/mol. The molecule has 0 amide bonds. The highest BCUT2D eigenvalue weighted by Crippen LogP contribution is 2.27. The van der Waals surface area contributed by atoms with Crippen LogP contribution >= 0.6 is 8.58 Å². The maximum absolute atomic E-state index is 5.74. The predicted molar refractivity (Wildman–Crippen MR) is 104 cm³/mol. The second-order valence-electron chi connectivity index (χ2n) is 6.24. The van der Waals surface area contributed by atoms with Crippen LogP contribution in [0.25, 0.3) is 0 Å². The molecule has 1 unspecified atom stereocenters. The van der Waals surface area contributed by atoms with E-state index in [1.54, 1.807) is 7.11 Å². The van der Waals surface area contributed by atoms with Gasteiger partial charge in [-0.25, -0.2) is 0 Å². The summed E-state index contributed by atoms with van der Waals surface area (Å²) in [5.74, 6) is 0.919. The van der Waals surface area contributed by atoms with Gasteiger partial charge in [-0.2, -0.15) is 0 Å². The Kier molecular flexibility index (Phi) is 6.12. The molecule has 4 heteroatoms. The maximum Gasteiger partial charge on any atom is 0.188 e. The number of hydrogen-bond donors (Lipinski definition) is 0. The average Bonchev–Trinajstić information content (AvgIpc) is 2.63. The fourth-order valence-electron chi connectivity index (χ4n) is 3.11. The second-order valence-corrected chi connectivity index (χ2v) is 7.57. The van der Waals surface area contributed by atoms with Gasteiger partial charge in [0.1, 0.15) is 5.75 Å². The van der Waals surface area contributed by atoms with Crippen LogP contribution < -0.4 is 20.2 Å². The number of hydrogen-bond acceptors (Lipinski definition) is 3. The maximum atomic E-state index is 5.74. The van der Waals surface area contributed by atoms with Gasteiger partial charge in [0.2, 0.25) is 0 Å². The summed E-state index contributed by atoms with van der Waals surface area (Å²) in [5, 5.41) is 2.63. The molecule has 24 heavy (non-hydrogen) atoms. The number of piperidine rings is 1. The van der Waals surface area contributed by atoms with Crippen molar-refractivity contribution in [3.8, 4) is 5.75 Å². The largest absolute Gasteiger partial charge is 0.467 e. The lowest BCUT2D eigenvalue weighted by molar-refractivity contribution is 0.0519. The molecule has 1 fully saturated rings. The minimum absolute atomic E-state index is 0.286. The van der Waals surface area contributed by atoms with Crippen molar-refractivity contribution in [3.05, 3.63) is 48.0 Å². The van der Waals surface area contributed by atoms with Crippen molar-refractivity contribution < 1.29 is 9.47 Å². The number of methoxy groups -OCH3 is 1. The number of para-hydroxylation sites is 1. The highest BCUT2D eigenvalue weighted by molar-refractivity contribution is 7.56. The highest BCUT2D eigenvalue weighted by Gasteiger charge is 2.16. The molecule has 0 aliphatic carbocycles. The van der Waals surface area contributed by atoms with Gasteiger partial charge < -0.3 is 14.4 Å². The van der Waals surface area contributed by atoms with Crippen LogP contribution in [-0.4, -0.2) is 27.0 Å². The number of aryl methyl sites for hydroxylation is 1. The van der Waals surface area contributed by atoms with Gasteiger partial charge in [0, 0.05) is 36.5 Å². The van der Waals surface area contributed by atoms with Crippen molar-refractivity contribution in [3.63, 3.8) is 0 Å². The number of benzene rings is 2. The van der Waals surface area contributed by atoms with Crippen LogP contribution in [0, 0.1) is 6.92 Å². The first-order valence-electron chi connectivity index (χ1n) is 8.61. The summed E-state index contributed by atoms with van der Waals surface area (Å²) in [6.45, 7) is 4.80. The van der Waals surface area contributed by atoms with Crippen LogP contribution in [0.15, 0.2) is 42.5 Å². The van der Waals surface area contributed by atoms with Gasteiger partial charge in [0.15, 0.2) is 6.79 Å². The molecule has 0 saturated carbocycles. The second kappa shape index (κ2) is 8.50. The van der Waals surface area contributed by atoms with E-state index in [0.29, 0.717) is 8.58 Å². The molecule has 2 aromatic carbocycles. The molecule has 1 aliphatic heterocycles. The van der Waals surface area contributed by atoms with Gasteiger partial charge in [-0.05, 0) is 43.9 Å². The van der Waals surface area contributed by atoms with Crippen LogP contribution in [0.3, 0.4) is 0 Å². The Morgan fingerprint density at radius 3 is 2.58 bits per heavy atom. The van der Waals surface area contributed by atoms with E-state index in [-0.39, 0.29) is 6.79 Å². The van der Waals surface area contributed by atoms with Crippen LogP contribution in [0.5, 0.6) is 5.75 Å². The summed E-state index contributed by atoms with van der Waals surface area (Å²) in [4.78, 5) is 2.55. The molecule has 0 spiro atoms. The van der Waals surface area contributed by atoms with Crippen molar-refractivity contribution in [2.45, 2.75) is 26.2 Å². The number of nitrogens with zero attached hydrogens (tertiary/aromatic N) is 1. The van der Waals surface area contributed by atoms with Crippen LogP contribution in [0.1, 0.15) is 24.8 Å². The Morgan fingerprint density at radius 2 is 1.79 bits per heavy atom. The first-order chi connectivity index (χ1) is 11.8. The molecule has 128 valence electrons. The highest BCUT2D eigenvalue weighted by atomic mass is 31.1. The Balaban J connectivity index is 1.87. The Bertz CT molecular complexity index is 668. The van der Waals surface area contributed by atoms with E-state index in [1.807, 2.05) is 12.1 Å². The smallest absolute Gasteiger partial charge is 0.188 e. The van der Waals surface area contributed by atoms with Gasteiger partial charge in [-0.15, -0.1) is 0 Å². The number of rotatable bonds is 6. The third kappa shape index (κ3) is 4.28. The zero-order valence-electron chi connectivity index (χ0n) is 14.5. The Labute approximate surface area is 146 Å². The van der Waals surface area contributed by atoms with E-state index in [2.05, 4.69) is 42.2 Å². The van der Waals surface area contributed by atoms with Crippen LogP contribution in [-0.2, 0) is 4.74 Å². The predicted octanol–water partition coefficient (Wildman–Crippen LogP) is 3.60. The Morgan fingerprint density at radius 1 is 1.00 bits per heavy atom. The van der Waals surface area contributed by atoms with E-state index in [9.17, 15) is 0 Å². The van der Waals surface area contributed by atoms with E-state index < -0.39 is 0 Å². The molecule has 0 aromatic heterocycles. The van der Waals surface area contributed by atoms with Crippen LogP contribution in [0.4, 0.5) is 5.69 Å². The summed E-state index contributed by atoms with van der Waals surface area (Å²) in [6, 6.07) is 15.1. The van der Waals surface area contributed by atoms with Gasteiger partial charge in [0.25, 0.3) is 0 Å². The van der Waals surface area contributed by atoms with Crippen molar-refractivity contribution in [2.24, 2.45) is 0 Å². The molecule has 1 heterocycles. The lowest BCUT2D eigenvalue weighted by Gasteiger charge is -2.31. The number of anilines is 1. The summed E-state index contributed by atoms with van der Waals surface area (Å²) >= 11 is 0. The molecule has 2 aromatic rings. The zero-order chi connectivity index (χ0) is 16.8. The molecular weight excluding hydrogens is 317 g/mol. The van der Waals surface area contributed by atoms with Crippen molar-refractivity contribution >= 4 is 24.9 Å². The van der Waals surface area contributed by atoms with E-state index in [0.717, 1.165) is 5.75 Å². The normalized spacial score (nSPS) is 15.2. The SMILES string of the molecule is COCOc1ccccc1Pc1ccc(C)cc1N1CCCCC1. The molecular formula is C20H26NO2P. The summed E-state index contributed by atoms with van der Waals surface area (Å²) in [6.07, 6.45) is 3.95. The van der Waals surface area contributed by atoms with Gasteiger partial charge in [0.05, 0.1) is 0 Å². The standard InChI is InChI=1S/C20H26NO2P/c1-16-10-11-19(17(14-16)21-12-6-3-7-13-21)24-20-9-5-4-8-18(20)23-15-22-2/h4-5,8-11,14,24H,3,6-7,12-13,15H2,1-2H3. The topological polar surface area (TPSA) is 21.7 Å². The molecule has 1 atom stereocenters. The third-order valence-electron chi connectivity index (χ3n) is 4.34. The molecule has 1 aliphatic rings. The van der Waals surface area contributed by atoms with Crippen LogP contribution in [0.2, 0.25) is 0 Å². The third-order valence-corrected chi connectivity index (χ3v) is 5.71. The van der Waals surface area contributed by atoms with Gasteiger partial charge in [-0.1, -0.05) is 38.9 Å². The molecule has 1 saturated heterocycles. The summed E-state index contributed by atoms with van der Waals surface area (Å²) < 4.78 is 10.8. The fraction of sp³-hybridized carbons (Fsp3) is 0.400. The first kappa shape index (κ1) is 17.3. The van der Waals surface area contributed by atoms with E-state index >= 15 is 0 Å². The van der Waals surface area contributed by atoms with Crippen molar-refractivity contribution in [1.29, 1.82) is 0 Å². The lowest BCUT2D eigenvalue weighted by Crippen LogP contribution is -2.32. The summed E-state index contributed by atoms with van der Waals surface area (Å²) in [5.41, 5.74) is 2.72.